The Kier molecular flexibility index (Phi) is 4.01. The van der Waals surface area contributed by atoms with Crippen LogP contribution in [0.2, 0.25) is 5.02 Å². The van der Waals surface area contributed by atoms with E-state index in [0.717, 1.165) is 18.4 Å². The zero-order valence-electron chi connectivity index (χ0n) is 11.3. The van der Waals surface area contributed by atoms with Gasteiger partial charge in [-0.25, -0.2) is 9.97 Å². The van der Waals surface area contributed by atoms with Crippen LogP contribution in [0.3, 0.4) is 0 Å². The summed E-state index contributed by atoms with van der Waals surface area (Å²) in [5, 5.41) is 6.75. The second kappa shape index (κ2) is 6.10. The van der Waals surface area contributed by atoms with Crippen molar-refractivity contribution in [2.45, 2.75) is 25.4 Å². The van der Waals surface area contributed by atoms with E-state index >= 15 is 0 Å². The van der Waals surface area contributed by atoms with Crippen molar-refractivity contribution in [3.63, 3.8) is 0 Å². The van der Waals surface area contributed by atoms with Crippen molar-refractivity contribution < 1.29 is 4.79 Å². The van der Waals surface area contributed by atoms with E-state index in [0.29, 0.717) is 29.1 Å². The Hall–Kier alpha value is -2.14. The third-order valence-electron chi connectivity index (χ3n) is 3.20. The molecule has 21 heavy (non-hydrogen) atoms. The molecule has 0 spiro atoms. The SMILES string of the molecule is O=C(NCc1ccc(Cl)cc1)c1cc(NC2CC2)ncn1. The first-order valence-electron chi connectivity index (χ1n) is 6.82. The molecule has 1 aromatic heterocycles. The number of carbonyl (C=O) groups is 1. The maximum atomic E-state index is 12.1. The Labute approximate surface area is 127 Å². The Morgan fingerprint density at radius 3 is 2.71 bits per heavy atom. The Bertz CT molecular complexity index is 640. The van der Waals surface area contributed by atoms with Crippen molar-refractivity contribution in [3.05, 3.63) is 52.9 Å². The van der Waals surface area contributed by atoms with Crippen LogP contribution in [0.5, 0.6) is 0 Å². The van der Waals surface area contributed by atoms with E-state index in [1.54, 1.807) is 18.2 Å². The first-order valence-corrected chi connectivity index (χ1v) is 7.20. The van der Waals surface area contributed by atoms with Gasteiger partial charge in [0.15, 0.2) is 0 Å². The number of amides is 1. The van der Waals surface area contributed by atoms with Gasteiger partial charge in [0, 0.05) is 23.7 Å². The molecule has 0 radical (unpaired) electrons. The maximum absolute atomic E-state index is 12.1. The summed E-state index contributed by atoms with van der Waals surface area (Å²) < 4.78 is 0. The van der Waals surface area contributed by atoms with Crippen molar-refractivity contribution in [2.24, 2.45) is 0 Å². The van der Waals surface area contributed by atoms with Crippen LogP contribution in [-0.2, 0) is 6.54 Å². The minimum Gasteiger partial charge on any atom is -0.367 e. The second-order valence-corrected chi connectivity index (χ2v) is 5.45. The van der Waals surface area contributed by atoms with Gasteiger partial charge in [-0.05, 0) is 30.5 Å². The molecule has 0 unspecified atom stereocenters. The average molecular weight is 303 g/mol. The standard InChI is InChI=1S/C15H15ClN4O/c16-11-3-1-10(2-4-11)8-17-15(21)13-7-14(19-9-18-13)20-12-5-6-12/h1-4,7,9,12H,5-6,8H2,(H,17,21)(H,18,19,20). The zero-order valence-corrected chi connectivity index (χ0v) is 12.1. The highest BCUT2D eigenvalue weighted by molar-refractivity contribution is 6.30. The monoisotopic (exact) mass is 302 g/mol. The van der Waals surface area contributed by atoms with Crippen molar-refractivity contribution >= 4 is 23.3 Å². The molecule has 1 amide bonds. The molecule has 1 aliphatic rings. The molecule has 3 rings (SSSR count). The number of carbonyl (C=O) groups excluding carboxylic acids is 1. The van der Waals surface area contributed by atoms with Crippen molar-refractivity contribution in [2.75, 3.05) is 5.32 Å². The molecule has 0 bridgehead atoms. The Balaban J connectivity index is 1.60. The van der Waals surface area contributed by atoms with Gasteiger partial charge >= 0.3 is 0 Å². The molecule has 2 N–H and O–H groups in total. The van der Waals surface area contributed by atoms with E-state index < -0.39 is 0 Å². The van der Waals surface area contributed by atoms with Gasteiger partial charge in [-0.1, -0.05) is 23.7 Å². The van der Waals surface area contributed by atoms with Crippen LogP contribution in [-0.4, -0.2) is 21.9 Å². The van der Waals surface area contributed by atoms with Crippen LogP contribution in [0.25, 0.3) is 0 Å². The first-order chi connectivity index (χ1) is 10.2. The zero-order chi connectivity index (χ0) is 14.7. The minimum absolute atomic E-state index is 0.216. The summed E-state index contributed by atoms with van der Waals surface area (Å²) in [6, 6.07) is 9.52. The van der Waals surface area contributed by atoms with E-state index in [9.17, 15) is 4.79 Å². The number of rotatable bonds is 5. The van der Waals surface area contributed by atoms with E-state index in [1.165, 1.54) is 6.33 Å². The molecule has 108 valence electrons. The smallest absolute Gasteiger partial charge is 0.270 e. The van der Waals surface area contributed by atoms with Crippen molar-refractivity contribution in [3.8, 4) is 0 Å². The van der Waals surface area contributed by atoms with Gasteiger partial charge < -0.3 is 10.6 Å². The molecule has 0 saturated heterocycles. The summed E-state index contributed by atoms with van der Waals surface area (Å²) in [5.41, 5.74) is 1.35. The predicted molar refractivity (Wildman–Crippen MR) is 81.3 cm³/mol. The molecule has 1 aliphatic carbocycles. The Morgan fingerprint density at radius 2 is 2.00 bits per heavy atom. The molecule has 0 atom stereocenters. The maximum Gasteiger partial charge on any atom is 0.270 e. The van der Waals surface area contributed by atoms with Crippen LogP contribution >= 0.6 is 11.6 Å². The van der Waals surface area contributed by atoms with Crippen LogP contribution in [0.4, 0.5) is 5.82 Å². The molecule has 1 aromatic carbocycles. The van der Waals surface area contributed by atoms with E-state index in [-0.39, 0.29) is 5.91 Å². The molecule has 1 fully saturated rings. The summed E-state index contributed by atoms with van der Waals surface area (Å²) in [6.45, 7) is 0.436. The highest BCUT2D eigenvalue weighted by Gasteiger charge is 2.21. The van der Waals surface area contributed by atoms with Crippen LogP contribution in [0, 0.1) is 0 Å². The van der Waals surface area contributed by atoms with Gasteiger partial charge in [-0.2, -0.15) is 0 Å². The molecule has 5 nitrogen and oxygen atoms in total. The van der Waals surface area contributed by atoms with Gasteiger partial charge in [0.1, 0.15) is 17.8 Å². The van der Waals surface area contributed by atoms with Gasteiger partial charge in [0.05, 0.1) is 0 Å². The molecule has 1 heterocycles. The molecular formula is C15H15ClN4O. The quantitative estimate of drug-likeness (QED) is 0.891. The summed E-state index contributed by atoms with van der Waals surface area (Å²) in [6.07, 6.45) is 3.71. The lowest BCUT2D eigenvalue weighted by molar-refractivity contribution is 0.0946. The topological polar surface area (TPSA) is 66.9 Å². The fourth-order valence-electron chi connectivity index (χ4n) is 1.87. The molecule has 1 saturated carbocycles. The molecule has 0 aliphatic heterocycles. The molecule has 6 heteroatoms. The largest absolute Gasteiger partial charge is 0.367 e. The van der Waals surface area contributed by atoms with Gasteiger partial charge in [-0.15, -0.1) is 0 Å². The van der Waals surface area contributed by atoms with Gasteiger partial charge in [-0.3, -0.25) is 4.79 Å². The number of nitrogens with zero attached hydrogens (tertiary/aromatic N) is 2. The minimum atomic E-state index is -0.216. The second-order valence-electron chi connectivity index (χ2n) is 5.02. The van der Waals surface area contributed by atoms with Crippen LogP contribution < -0.4 is 10.6 Å². The number of anilines is 1. The summed E-state index contributed by atoms with van der Waals surface area (Å²) >= 11 is 5.82. The van der Waals surface area contributed by atoms with Crippen LogP contribution in [0.1, 0.15) is 28.9 Å². The Morgan fingerprint density at radius 1 is 1.24 bits per heavy atom. The van der Waals surface area contributed by atoms with E-state index in [1.807, 2.05) is 12.1 Å². The number of hydrogen-bond acceptors (Lipinski definition) is 4. The van der Waals surface area contributed by atoms with Crippen LogP contribution in [0.15, 0.2) is 36.7 Å². The number of halogens is 1. The van der Waals surface area contributed by atoms with Gasteiger partial charge in [0.2, 0.25) is 0 Å². The van der Waals surface area contributed by atoms with E-state index in [2.05, 4.69) is 20.6 Å². The third kappa shape index (κ3) is 3.92. The fourth-order valence-corrected chi connectivity index (χ4v) is 2.00. The highest BCUT2D eigenvalue weighted by Crippen LogP contribution is 2.23. The predicted octanol–water partition coefficient (Wildman–Crippen LogP) is 2.63. The highest BCUT2D eigenvalue weighted by atomic mass is 35.5. The number of hydrogen-bond donors (Lipinski definition) is 2. The number of aromatic nitrogens is 2. The number of benzene rings is 1. The number of nitrogens with one attached hydrogen (secondary N) is 2. The summed E-state index contributed by atoms with van der Waals surface area (Å²) in [4.78, 5) is 20.2. The summed E-state index contributed by atoms with van der Waals surface area (Å²) in [7, 11) is 0. The van der Waals surface area contributed by atoms with Crippen molar-refractivity contribution in [1.82, 2.24) is 15.3 Å². The average Bonchev–Trinajstić information content (AvgIpc) is 3.30. The molecular weight excluding hydrogens is 288 g/mol. The lowest BCUT2D eigenvalue weighted by Crippen LogP contribution is -2.24. The lowest BCUT2D eigenvalue weighted by atomic mass is 10.2. The first kappa shape index (κ1) is 13.8. The summed E-state index contributed by atoms with van der Waals surface area (Å²) in [5.74, 6) is 0.482. The fraction of sp³-hybridized carbons (Fsp3) is 0.267. The normalized spacial score (nSPS) is 13.8. The lowest BCUT2D eigenvalue weighted by Gasteiger charge is -2.07. The van der Waals surface area contributed by atoms with E-state index in [4.69, 9.17) is 11.6 Å². The van der Waals surface area contributed by atoms with Gasteiger partial charge in [0.25, 0.3) is 5.91 Å². The van der Waals surface area contributed by atoms with Crippen molar-refractivity contribution in [1.29, 1.82) is 0 Å². The molecule has 2 aromatic rings. The third-order valence-corrected chi connectivity index (χ3v) is 3.45.